The van der Waals surface area contributed by atoms with Gasteiger partial charge in [0, 0.05) is 44.7 Å². The molecule has 190 valence electrons. The van der Waals surface area contributed by atoms with Crippen LogP contribution in [0.1, 0.15) is 70.9 Å². The highest BCUT2D eigenvalue weighted by Gasteiger charge is 2.59. The molecule has 0 saturated heterocycles. The first-order chi connectivity index (χ1) is 16.1. The van der Waals surface area contributed by atoms with Crippen LogP contribution in [0.4, 0.5) is 0 Å². The molecule has 3 aliphatic carbocycles. The Morgan fingerprint density at radius 1 is 1.15 bits per heavy atom. The van der Waals surface area contributed by atoms with Gasteiger partial charge < -0.3 is 23.3 Å². The Bertz CT molecular complexity index is 962. The van der Waals surface area contributed by atoms with Gasteiger partial charge >= 0.3 is 7.60 Å². The fourth-order valence-electron chi connectivity index (χ4n) is 6.71. The highest BCUT2D eigenvalue weighted by molar-refractivity contribution is 7.58. The van der Waals surface area contributed by atoms with Crippen molar-refractivity contribution in [3.8, 4) is 5.75 Å². The van der Waals surface area contributed by atoms with Crippen LogP contribution in [0.5, 0.6) is 5.75 Å². The zero-order valence-corrected chi connectivity index (χ0v) is 22.7. The SMILES string of the molecule is CCOP(=O)(OCC)C1=CC[C@H]2[C@@H]3CCc4cc(OC(C)(C)OC)ccc4[C@H]3[C@@H](OC)C[C@]12C. The van der Waals surface area contributed by atoms with Gasteiger partial charge in [0.25, 0.3) is 0 Å². The maximum Gasteiger partial charge on any atom is 0.357 e. The summed E-state index contributed by atoms with van der Waals surface area (Å²) in [5, 5.41) is 0.866. The number of benzene rings is 1. The van der Waals surface area contributed by atoms with Gasteiger partial charge in [0.05, 0.1) is 19.3 Å². The average molecular weight is 493 g/mol. The molecule has 34 heavy (non-hydrogen) atoms. The smallest absolute Gasteiger partial charge is 0.357 e. The molecule has 0 spiro atoms. The monoisotopic (exact) mass is 492 g/mol. The van der Waals surface area contributed by atoms with Gasteiger partial charge in [0.15, 0.2) is 0 Å². The van der Waals surface area contributed by atoms with Crippen molar-refractivity contribution in [3.05, 3.63) is 40.7 Å². The van der Waals surface area contributed by atoms with Crippen LogP contribution in [0.15, 0.2) is 29.6 Å². The van der Waals surface area contributed by atoms with Gasteiger partial charge in [0.2, 0.25) is 5.79 Å². The van der Waals surface area contributed by atoms with E-state index in [9.17, 15) is 4.57 Å². The number of hydrogen-bond acceptors (Lipinski definition) is 6. The molecule has 0 aliphatic heterocycles. The number of rotatable bonds is 9. The lowest BCUT2D eigenvalue weighted by Gasteiger charge is -2.53. The van der Waals surface area contributed by atoms with E-state index in [1.165, 1.54) is 11.1 Å². The molecule has 3 aliphatic rings. The van der Waals surface area contributed by atoms with Gasteiger partial charge in [-0.3, -0.25) is 4.57 Å². The molecule has 5 atom stereocenters. The molecule has 1 aromatic carbocycles. The predicted molar refractivity (Wildman–Crippen MR) is 133 cm³/mol. The molecule has 7 heteroatoms. The van der Waals surface area contributed by atoms with Crippen LogP contribution in [0.2, 0.25) is 0 Å². The zero-order valence-electron chi connectivity index (χ0n) is 21.8. The Balaban J connectivity index is 1.66. The molecule has 0 radical (unpaired) electrons. The molecule has 0 N–H and O–H groups in total. The lowest BCUT2D eigenvalue weighted by Crippen LogP contribution is -2.48. The van der Waals surface area contributed by atoms with E-state index in [0.29, 0.717) is 31.0 Å². The fraction of sp³-hybridized carbons (Fsp3) is 0.704. The molecule has 0 bridgehead atoms. The number of allylic oxidation sites excluding steroid dienone is 2. The van der Waals surface area contributed by atoms with Gasteiger partial charge in [-0.05, 0) is 74.6 Å². The first-order valence-electron chi connectivity index (χ1n) is 12.6. The van der Waals surface area contributed by atoms with Crippen LogP contribution in [0.25, 0.3) is 0 Å². The van der Waals surface area contributed by atoms with Gasteiger partial charge in [-0.15, -0.1) is 0 Å². The second-order valence-electron chi connectivity index (χ2n) is 10.5. The van der Waals surface area contributed by atoms with Crippen LogP contribution in [0.3, 0.4) is 0 Å². The Morgan fingerprint density at radius 2 is 1.85 bits per heavy atom. The molecule has 0 unspecified atom stereocenters. The maximum atomic E-state index is 13.8. The van der Waals surface area contributed by atoms with Crippen molar-refractivity contribution in [2.75, 3.05) is 27.4 Å². The number of aryl methyl sites for hydroxylation is 1. The van der Waals surface area contributed by atoms with E-state index in [1.807, 2.05) is 27.7 Å². The van der Waals surface area contributed by atoms with Gasteiger partial charge in [-0.1, -0.05) is 19.1 Å². The van der Waals surface area contributed by atoms with Crippen LogP contribution >= 0.6 is 7.60 Å². The van der Waals surface area contributed by atoms with Crippen molar-refractivity contribution in [1.29, 1.82) is 0 Å². The Morgan fingerprint density at radius 3 is 2.47 bits per heavy atom. The van der Waals surface area contributed by atoms with Crippen molar-refractivity contribution >= 4 is 7.60 Å². The largest absolute Gasteiger partial charge is 0.463 e. The van der Waals surface area contributed by atoms with Crippen LogP contribution < -0.4 is 4.74 Å². The molecular formula is C27H41O6P. The maximum absolute atomic E-state index is 13.8. The van der Waals surface area contributed by atoms with E-state index in [-0.39, 0.29) is 11.5 Å². The van der Waals surface area contributed by atoms with E-state index >= 15 is 0 Å². The van der Waals surface area contributed by atoms with Crippen molar-refractivity contribution in [2.45, 2.75) is 78.1 Å². The second kappa shape index (κ2) is 9.71. The van der Waals surface area contributed by atoms with E-state index < -0.39 is 13.4 Å². The number of methoxy groups -OCH3 is 2. The molecule has 0 aromatic heterocycles. The first kappa shape index (κ1) is 25.9. The summed E-state index contributed by atoms with van der Waals surface area (Å²) in [6.45, 7) is 10.6. The number of fused-ring (bicyclic) bond motifs is 5. The van der Waals surface area contributed by atoms with E-state index in [4.69, 9.17) is 23.3 Å². The molecule has 1 fully saturated rings. The summed E-state index contributed by atoms with van der Waals surface area (Å²) in [6.07, 6.45) is 5.97. The van der Waals surface area contributed by atoms with Crippen molar-refractivity contribution in [1.82, 2.24) is 0 Å². The summed E-state index contributed by atoms with van der Waals surface area (Å²) in [5.74, 6) is 1.31. The number of hydrogen-bond donors (Lipinski definition) is 0. The van der Waals surface area contributed by atoms with Crippen molar-refractivity contribution < 1.29 is 27.8 Å². The molecule has 6 nitrogen and oxygen atoms in total. The summed E-state index contributed by atoms with van der Waals surface area (Å²) in [5.41, 5.74) is 2.43. The summed E-state index contributed by atoms with van der Waals surface area (Å²) >= 11 is 0. The summed E-state index contributed by atoms with van der Waals surface area (Å²) in [7, 11) is 0.140. The molecule has 1 saturated carbocycles. The fourth-order valence-corrected chi connectivity index (χ4v) is 8.96. The van der Waals surface area contributed by atoms with E-state index in [1.54, 1.807) is 14.2 Å². The summed E-state index contributed by atoms with van der Waals surface area (Å²) in [6, 6.07) is 6.44. The topological polar surface area (TPSA) is 63.2 Å². The van der Waals surface area contributed by atoms with Crippen LogP contribution in [-0.2, 0) is 29.5 Å². The zero-order chi connectivity index (χ0) is 24.7. The molecule has 1 aromatic rings. The molecular weight excluding hydrogens is 451 g/mol. The van der Waals surface area contributed by atoms with Gasteiger partial charge in [-0.25, -0.2) is 0 Å². The lowest BCUT2D eigenvalue weighted by atomic mass is 9.54. The highest BCUT2D eigenvalue weighted by Crippen LogP contribution is 2.72. The van der Waals surface area contributed by atoms with Crippen LogP contribution in [0, 0.1) is 17.3 Å². The van der Waals surface area contributed by atoms with Crippen molar-refractivity contribution in [2.24, 2.45) is 17.3 Å². The predicted octanol–water partition coefficient (Wildman–Crippen LogP) is 6.69. The van der Waals surface area contributed by atoms with Crippen molar-refractivity contribution in [3.63, 3.8) is 0 Å². The summed E-state index contributed by atoms with van der Waals surface area (Å²) < 4.78 is 43.1. The van der Waals surface area contributed by atoms with Gasteiger partial charge in [-0.2, -0.15) is 0 Å². The van der Waals surface area contributed by atoms with Crippen LogP contribution in [-0.4, -0.2) is 39.3 Å². The standard InChI is InChI=1S/C27H41O6P/c1-8-31-34(28,32-9-2)24-15-14-22-21-12-10-18-16-19(33-26(3,4)30-7)11-13-20(18)25(21)23(29-6)17-27(22,24)5/h11,13,15-16,21-23,25H,8-10,12,14,17H2,1-7H3/t21-,22-,23-,25+,27-/m0/s1. The van der Waals surface area contributed by atoms with E-state index in [0.717, 1.165) is 36.7 Å². The molecule has 4 rings (SSSR count). The van der Waals surface area contributed by atoms with E-state index in [2.05, 4.69) is 31.2 Å². The molecule has 0 amide bonds. The minimum Gasteiger partial charge on any atom is -0.463 e. The quantitative estimate of drug-likeness (QED) is 0.283. The third-order valence-electron chi connectivity index (χ3n) is 8.24. The molecule has 0 heterocycles. The Kier molecular flexibility index (Phi) is 7.40. The Hall–Kier alpha value is -1.17. The third-order valence-corrected chi connectivity index (χ3v) is 10.7. The first-order valence-corrected chi connectivity index (χ1v) is 14.2. The minimum absolute atomic E-state index is 0.0330. The number of ether oxygens (including phenoxy) is 3. The summed E-state index contributed by atoms with van der Waals surface area (Å²) in [4.78, 5) is 0. The third kappa shape index (κ3) is 4.41. The normalized spacial score (nSPS) is 30.9. The lowest BCUT2D eigenvalue weighted by molar-refractivity contribution is -0.134. The van der Waals surface area contributed by atoms with Gasteiger partial charge in [0.1, 0.15) is 5.75 Å². The Labute approximate surface area is 204 Å². The average Bonchev–Trinajstić information content (AvgIpc) is 3.15. The minimum atomic E-state index is -3.32. The second-order valence-corrected chi connectivity index (χ2v) is 12.4. The highest BCUT2D eigenvalue weighted by atomic mass is 31.2.